The summed E-state index contributed by atoms with van der Waals surface area (Å²) in [5, 5.41) is 20.7. The van der Waals surface area contributed by atoms with Crippen LogP contribution in [0.5, 0.6) is 0 Å². The maximum Gasteiger partial charge on any atom is 0.472 e. The van der Waals surface area contributed by atoms with Crippen LogP contribution in [0.3, 0.4) is 0 Å². The lowest BCUT2D eigenvalue weighted by atomic mass is 10.0. The molecular weight excluding hydrogens is 1480 g/mol. The number of carbonyl (C=O) groups is 3. The number of hydrogen-bond donors (Lipinski definition) is 4. The first-order valence-electron chi connectivity index (χ1n) is 45.8. The van der Waals surface area contributed by atoms with E-state index < -0.39 is 91.5 Å². The fourth-order valence-corrected chi connectivity index (χ4v) is 13.9. The van der Waals surface area contributed by atoms with Gasteiger partial charge in [0.05, 0.1) is 26.4 Å². The van der Waals surface area contributed by atoms with Gasteiger partial charge in [-0.15, -0.1) is 0 Å². The van der Waals surface area contributed by atoms with Crippen molar-refractivity contribution in [2.45, 2.75) is 399 Å². The molecule has 0 rings (SSSR count). The summed E-state index contributed by atoms with van der Waals surface area (Å²) in [7, 11) is -9.82. The number of ether oxygens (including phenoxy) is 3. The summed E-state index contributed by atoms with van der Waals surface area (Å²) in [4.78, 5) is 59.0. The highest BCUT2D eigenvalue weighted by atomic mass is 31.2. The Kier molecular flexibility index (Phi) is 84.7. The molecule has 0 bridgehead atoms. The largest absolute Gasteiger partial charge is 0.472 e. The summed E-state index contributed by atoms with van der Waals surface area (Å²) in [5.74, 6) is -1.59. The summed E-state index contributed by atoms with van der Waals surface area (Å²) in [5.41, 5.74) is 0. The van der Waals surface area contributed by atoms with Crippen molar-refractivity contribution in [2.75, 3.05) is 39.6 Å². The topological polar surface area (TPSA) is 231 Å². The number of phosphoric ester groups is 2. The zero-order valence-corrected chi connectivity index (χ0v) is 74.5. The zero-order valence-electron chi connectivity index (χ0n) is 72.7. The van der Waals surface area contributed by atoms with Gasteiger partial charge in [-0.2, -0.15) is 0 Å². The zero-order chi connectivity index (χ0) is 83.6. The van der Waals surface area contributed by atoms with Crippen molar-refractivity contribution in [1.82, 2.24) is 0 Å². The van der Waals surface area contributed by atoms with Gasteiger partial charge in [0.2, 0.25) is 0 Å². The third-order valence-corrected chi connectivity index (χ3v) is 21.1. The summed E-state index contributed by atoms with van der Waals surface area (Å²) >= 11 is 0. The summed E-state index contributed by atoms with van der Waals surface area (Å²) < 4.78 is 61.5. The molecule has 0 saturated carbocycles. The second-order valence-corrected chi connectivity index (χ2v) is 33.3. The average molecular weight is 1650 g/mol. The van der Waals surface area contributed by atoms with Crippen LogP contribution in [0.15, 0.2) is 158 Å². The van der Waals surface area contributed by atoms with Crippen molar-refractivity contribution in [3.05, 3.63) is 158 Å². The Balaban J connectivity index is 4.63. The van der Waals surface area contributed by atoms with Crippen LogP contribution in [-0.4, -0.2) is 95.9 Å². The van der Waals surface area contributed by atoms with Crippen LogP contribution in [0.1, 0.15) is 380 Å². The SMILES string of the molecule is CC/C=C\C/C=C\C/C=C\C/C=C\C/C=C\CCCCCCCCCCCCCCCC(=O)OCC(O)COP(=O)(O)OCC(O)COP(=O)(O)OCC(COC(=O)CCCCCCCCCCCCCCC/C=C\C/C=C\C/C=C\C/C=C\CCCCC)OC(=O)CCCCCCC/C=C\C/C=C\C/C=C\C/C=C\CCCCC. The van der Waals surface area contributed by atoms with Crippen molar-refractivity contribution >= 4 is 33.6 Å². The van der Waals surface area contributed by atoms with Gasteiger partial charge in [0.1, 0.15) is 25.4 Å². The Morgan fingerprint density at radius 1 is 0.252 bits per heavy atom. The van der Waals surface area contributed by atoms with E-state index >= 15 is 0 Å². The standard InChI is InChI=1S/C97H166O16P2/c1-4-7-10-13-16-19-22-25-28-31-34-37-39-41-43-45-47-49-51-54-56-59-62-65-68-71-74-77-80-83-95(100)107-86-92(98)87-109-114(103,104)110-88-93(99)89-111-115(105,106)112-91-94(113-97(102)85-82-79-76-73-70-67-64-61-58-53-36-33-30-27-24-21-18-15-12-9-6-3)90-108-96(101)84-81-78-75-72-69-66-63-60-57-55-52-50-48-46-44-42-40-38-35-32-29-26-23-20-17-14-11-8-5-2/h7,10,16-21,25-30,34-38,41-44,53,61,64,92-94,98-99H,4-6,8-9,11-15,22-24,31-33,39-40,45-52,54-60,62-63,65-91H2,1-3H3,(H,103,104)(H,105,106)/b10-7-,19-16-,20-17-,21-18-,28-25-,29-26-,30-27-,37-34-,38-35-,43-41-,44-42-,53-36-,64-61-. The molecule has 660 valence electrons. The van der Waals surface area contributed by atoms with E-state index in [1.165, 1.54) is 154 Å². The fraction of sp³-hybridized carbons (Fsp3) is 0.701. The Bertz CT molecular complexity index is 2720. The molecule has 0 saturated heterocycles. The molecule has 0 heterocycles. The van der Waals surface area contributed by atoms with Crippen LogP contribution in [-0.2, 0) is 55.8 Å². The number of hydrogen-bond acceptors (Lipinski definition) is 14. The van der Waals surface area contributed by atoms with E-state index in [2.05, 4.69) is 179 Å². The molecule has 0 radical (unpaired) electrons. The first kappa shape index (κ1) is 110. The number of allylic oxidation sites excluding steroid dienone is 26. The minimum atomic E-state index is -4.95. The normalized spacial score (nSPS) is 14.5. The van der Waals surface area contributed by atoms with E-state index in [0.717, 1.165) is 167 Å². The van der Waals surface area contributed by atoms with Crippen molar-refractivity contribution < 1.29 is 75.8 Å². The number of esters is 3. The first-order chi connectivity index (χ1) is 56.2. The lowest BCUT2D eigenvalue weighted by Gasteiger charge is -2.21. The molecule has 0 aliphatic heterocycles. The Labute approximate surface area is 701 Å². The Morgan fingerprint density at radius 3 is 0.730 bits per heavy atom. The van der Waals surface area contributed by atoms with Crippen LogP contribution in [0.2, 0.25) is 0 Å². The number of carbonyl (C=O) groups excluding carboxylic acids is 3. The van der Waals surface area contributed by atoms with Gasteiger partial charge in [-0.1, -0.05) is 365 Å². The number of phosphoric acid groups is 2. The van der Waals surface area contributed by atoms with Gasteiger partial charge in [-0.05, 0) is 154 Å². The van der Waals surface area contributed by atoms with Crippen molar-refractivity contribution in [1.29, 1.82) is 0 Å². The highest BCUT2D eigenvalue weighted by Gasteiger charge is 2.29. The molecule has 0 aliphatic carbocycles. The molecule has 5 unspecified atom stereocenters. The monoisotopic (exact) mass is 1650 g/mol. The van der Waals surface area contributed by atoms with Crippen molar-refractivity contribution in [2.24, 2.45) is 0 Å². The molecule has 16 nitrogen and oxygen atoms in total. The molecule has 18 heteroatoms. The molecule has 0 aromatic heterocycles. The number of rotatable bonds is 86. The quantitative estimate of drug-likeness (QED) is 0.0146. The van der Waals surface area contributed by atoms with Gasteiger partial charge in [-0.25, -0.2) is 9.13 Å². The third-order valence-electron chi connectivity index (χ3n) is 19.2. The highest BCUT2D eigenvalue weighted by Crippen LogP contribution is 2.45. The van der Waals surface area contributed by atoms with Gasteiger partial charge < -0.3 is 34.2 Å². The first-order valence-corrected chi connectivity index (χ1v) is 48.8. The van der Waals surface area contributed by atoms with Crippen molar-refractivity contribution in [3.63, 3.8) is 0 Å². The predicted molar refractivity (Wildman–Crippen MR) is 482 cm³/mol. The highest BCUT2D eigenvalue weighted by molar-refractivity contribution is 7.47. The minimum absolute atomic E-state index is 0.0803. The van der Waals surface area contributed by atoms with Gasteiger partial charge in [0, 0.05) is 19.3 Å². The van der Waals surface area contributed by atoms with Crippen LogP contribution in [0, 0.1) is 0 Å². The van der Waals surface area contributed by atoms with E-state index in [0.29, 0.717) is 19.3 Å². The van der Waals surface area contributed by atoms with Crippen LogP contribution in [0.4, 0.5) is 0 Å². The van der Waals surface area contributed by atoms with E-state index in [9.17, 15) is 43.5 Å². The lowest BCUT2D eigenvalue weighted by molar-refractivity contribution is -0.161. The van der Waals surface area contributed by atoms with Crippen molar-refractivity contribution in [3.8, 4) is 0 Å². The van der Waals surface area contributed by atoms with E-state index in [1.807, 2.05) is 0 Å². The number of aliphatic hydroxyl groups is 2. The number of unbranched alkanes of at least 4 members (excludes halogenated alkanes) is 37. The molecule has 0 aromatic rings. The molecule has 0 spiro atoms. The molecule has 0 aliphatic rings. The van der Waals surface area contributed by atoms with E-state index in [1.54, 1.807) is 0 Å². The van der Waals surface area contributed by atoms with E-state index in [4.69, 9.17) is 32.3 Å². The molecule has 0 amide bonds. The average Bonchev–Trinajstić information content (AvgIpc) is 0.901. The third kappa shape index (κ3) is 89.8. The Hall–Kier alpha value is -4.83. The molecule has 4 N–H and O–H groups in total. The maximum atomic E-state index is 13.1. The van der Waals surface area contributed by atoms with Crippen LogP contribution < -0.4 is 0 Å². The maximum absolute atomic E-state index is 13.1. The molecule has 115 heavy (non-hydrogen) atoms. The predicted octanol–water partition coefficient (Wildman–Crippen LogP) is 28.1. The molecule has 0 fully saturated rings. The smallest absolute Gasteiger partial charge is 0.463 e. The van der Waals surface area contributed by atoms with Gasteiger partial charge in [0.15, 0.2) is 6.10 Å². The van der Waals surface area contributed by atoms with E-state index in [-0.39, 0.29) is 19.3 Å². The molecular formula is C97H166O16P2. The summed E-state index contributed by atoms with van der Waals surface area (Å²) in [6.45, 7) is 2.53. The lowest BCUT2D eigenvalue weighted by Crippen LogP contribution is -2.30. The summed E-state index contributed by atoms with van der Waals surface area (Å²) in [6, 6.07) is 0. The van der Waals surface area contributed by atoms with Crippen LogP contribution in [0.25, 0.3) is 0 Å². The summed E-state index contributed by atoms with van der Waals surface area (Å²) in [6.07, 6.45) is 113. The van der Waals surface area contributed by atoms with Crippen LogP contribution >= 0.6 is 15.6 Å². The Morgan fingerprint density at radius 2 is 0.461 bits per heavy atom. The van der Waals surface area contributed by atoms with Gasteiger partial charge in [-0.3, -0.25) is 32.5 Å². The fourth-order valence-electron chi connectivity index (χ4n) is 12.3. The molecule has 0 aromatic carbocycles. The second kappa shape index (κ2) is 88.5. The molecule has 5 atom stereocenters. The number of aliphatic hydroxyl groups excluding tert-OH is 2. The van der Waals surface area contributed by atoms with Gasteiger partial charge >= 0.3 is 33.6 Å². The van der Waals surface area contributed by atoms with Gasteiger partial charge in [0.25, 0.3) is 0 Å². The second-order valence-electron chi connectivity index (χ2n) is 30.4. The minimum Gasteiger partial charge on any atom is -0.463 e.